The molecule has 0 aromatic heterocycles. The van der Waals surface area contributed by atoms with Crippen LogP contribution in [-0.2, 0) is 4.79 Å². The first kappa shape index (κ1) is 13.7. The minimum absolute atomic E-state index is 0.0915. The molecule has 0 unspecified atom stereocenters. The zero-order chi connectivity index (χ0) is 11.4. The standard InChI is InChI=1S/C8H13BrF3NO/c1-6(2)13(5-8(10,11)12)7(14)3-4-9/h6H,3-5H2,1-2H3. The molecule has 0 fully saturated rings. The van der Waals surface area contributed by atoms with E-state index >= 15 is 0 Å². The zero-order valence-corrected chi connectivity index (χ0v) is 9.65. The SMILES string of the molecule is CC(C)N(CC(F)(F)F)C(=O)CCBr. The summed E-state index contributed by atoms with van der Waals surface area (Å²) in [5, 5.41) is 0.382. The first-order valence-electron chi connectivity index (χ1n) is 4.20. The van der Waals surface area contributed by atoms with Crippen LogP contribution in [0, 0.1) is 0 Å². The van der Waals surface area contributed by atoms with E-state index in [1.807, 2.05) is 0 Å². The summed E-state index contributed by atoms with van der Waals surface area (Å²) in [6, 6.07) is -0.428. The Bertz CT molecular complexity index is 194. The highest BCUT2D eigenvalue weighted by atomic mass is 79.9. The number of amides is 1. The van der Waals surface area contributed by atoms with Crippen molar-refractivity contribution in [2.24, 2.45) is 0 Å². The van der Waals surface area contributed by atoms with Crippen molar-refractivity contribution in [1.29, 1.82) is 0 Å². The first-order valence-corrected chi connectivity index (χ1v) is 5.32. The number of nitrogens with zero attached hydrogens (tertiary/aromatic N) is 1. The number of halogens is 4. The van der Waals surface area contributed by atoms with Gasteiger partial charge in [0, 0.05) is 17.8 Å². The molecule has 0 N–H and O–H groups in total. The van der Waals surface area contributed by atoms with Crippen LogP contribution in [0.15, 0.2) is 0 Å². The van der Waals surface area contributed by atoms with Gasteiger partial charge in [-0.1, -0.05) is 15.9 Å². The smallest absolute Gasteiger partial charge is 0.331 e. The van der Waals surface area contributed by atoms with Crippen LogP contribution in [-0.4, -0.2) is 34.9 Å². The van der Waals surface area contributed by atoms with Crippen LogP contribution in [0.3, 0.4) is 0 Å². The van der Waals surface area contributed by atoms with E-state index < -0.39 is 24.7 Å². The number of alkyl halides is 4. The molecule has 0 spiro atoms. The molecule has 0 aliphatic carbocycles. The molecule has 0 bridgehead atoms. The first-order chi connectivity index (χ1) is 6.28. The van der Waals surface area contributed by atoms with E-state index in [0.29, 0.717) is 5.33 Å². The predicted octanol–water partition coefficient (Wildman–Crippen LogP) is 2.57. The summed E-state index contributed by atoms with van der Waals surface area (Å²) in [5.74, 6) is -0.478. The van der Waals surface area contributed by atoms with Crippen molar-refractivity contribution in [3.05, 3.63) is 0 Å². The highest BCUT2D eigenvalue weighted by Crippen LogP contribution is 2.18. The summed E-state index contributed by atoms with van der Waals surface area (Å²) in [7, 11) is 0. The van der Waals surface area contributed by atoms with Gasteiger partial charge in [0.1, 0.15) is 6.54 Å². The summed E-state index contributed by atoms with van der Waals surface area (Å²) < 4.78 is 36.2. The normalized spacial score (nSPS) is 11.9. The molecule has 0 rings (SSSR count). The van der Waals surface area contributed by atoms with Crippen molar-refractivity contribution < 1.29 is 18.0 Å². The lowest BCUT2D eigenvalue weighted by atomic mass is 10.3. The average molecular weight is 276 g/mol. The molecule has 0 aliphatic rings. The van der Waals surface area contributed by atoms with Gasteiger partial charge in [-0.3, -0.25) is 4.79 Å². The lowest BCUT2D eigenvalue weighted by Crippen LogP contribution is -2.43. The molecule has 0 aromatic rings. The fourth-order valence-corrected chi connectivity index (χ4v) is 1.32. The van der Waals surface area contributed by atoms with Gasteiger partial charge in [-0.25, -0.2) is 0 Å². The van der Waals surface area contributed by atoms with E-state index in [2.05, 4.69) is 15.9 Å². The van der Waals surface area contributed by atoms with Gasteiger partial charge in [0.25, 0.3) is 0 Å². The molecule has 0 saturated heterocycles. The predicted molar refractivity (Wildman–Crippen MR) is 51.3 cm³/mol. The molecule has 0 heterocycles. The van der Waals surface area contributed by atoms with Gasteiger partial charge in [0.2, 0.25) is 5.91 Å². The van der Waals surface area contributed by atoms with Crippen molar-refractivity contribution >= 4 is 21.8 Å². The third-order valence-electron chi connectivity index (χ3n) is 1.60. The largest absolute Gasteiger partial charge is 0.406 e. The van der Waals surface area contributed by atoms with Gasteiger partial charge in [0.05, 0.1) is 0 Å². The highest BCUT2D eigenvalue weighted by molar-refractivity contribution is 9.09. The number of carbonyl (C=O) groups excluding carboxylic acids is 1. The molecule has 0 radical (unpaired) electrons. The summed E-state index contributed by atoms with van der Waals surface area (Å²) in [6.45, 7) is 1.96. The molecule has 0 aliphatic heterocycles. The Hall–Kier alpha value is -0.260. The Morgan fingerprint density at radius 3 is 2.21 bits per heavy atom. The van der Waals surface area contributed by atoms with Crippen LogP contribution in [0.2, 0.25) is 0 Å². The van der Waals surface area contributed by atoms with Crippen molar-refractivity contribution in [3.63, 3.8) is 0 Å². The van der Waals surface area contributed by atoms with Crippen LogP contribution >= 0.6 is 15.9 Å². The molecule has 0 saturated carbocycles. The molecule has 2 nitrogen and oxygen atoms in total. The molecule has 84 valence electrons. The van der Waals surface area contributed by atoms with Gasteiger partial charge in [0.15, 0.2) is 0 Å². The second kappa shape index (κ2) is 5.58. The average Bonchev–Trinajstić information content (AvgIpc) is 1.98. The van der Waals surface area contributed by atoms with Crippen LogP contribution < -0.4 is 0 Å². The third kappa shape index (κ3) is 5.47. The Balaban J connectivity index is 4.37. The fraction of sp³-hybridized carbons (Fsp3) is 0.875. The van der Waals surface area contributed by atoms with Gasteiger partial charge in [-0.2, -0.15) is 13.2 Å². The summed E-state index contributed by atoms with van der Waals surface area (Å²) in [6.07, 6.45) is -4.24. The lowest BCUT2D eigenvalue weighted by molar-refractivity contribution is -0.164. The Morgan fingerprint density at radius 2 is 1.93 bits per heavy atom. The number of rotatable bonds is 4. The summed E-state index contributed by atoms with van der Waals surface area (Å²) >= 11 is 3.02. The molecular weight excluding hydrogens is 263 g/mol. The minimum Gasteiger partial charge on any atom is -0.331 e. The number of hydrogen-bond donors (Lipinski definition) is 0. The number of hydrogen-bond acceptors (Lipinski definition) is 1. The molecule has 0 aromatic carbocycles. The second-order valence-electron chi connectivity index (χ2n) is 3.17. The molecule has 0 atom stereocenters. The van der Waals surface area contributed by atoms with Crippen LogP contribution in [0.4, 0.5) is 13.2 Å². The van der Waals surface area contributed by atoms with E-state index in [1.54, 1.807) is 13.8 Å². The molecule has 14 heavy (non-hydrogen) atoms. The van der Waals surface area contributed by atoms with Gasteiger partial charge in [-0.15, -0.1) is 0 Å². The minimum atomic E-state index is -4.33. The van der Waals surface area contributed by atoms with Crippen LogP contribution in [0.25, 0.3) is 0 Å². The quantitative estimate of drug-likeness (QED) is 0.723. The molecule has 6 heteroatoms. The van der Waals surface area contributed by atoms with Gasteiger partial charge < -0.3 is 4.90 Å². The topological polar surface area (TPSA) is 20.3 Å². The van der Waals surface area contributed by atoms with Crippen LogP contribution in [0.1, 0.15) is 20.3 Å². The maximum atomic E-state index is 12.1. The summed E-state index contributed by atoms with van der Waals surface area (Å²) in [4.78, 5) is 12.1. The second-order valence-corrected chi connectivity index (χ2v) is 3.96. The van der Waals surface area contributed by atoms with Crippen molar-refractivity contribution in [2.75, 3.05) is 11.9 Å². The van der Waals surface area contributed by atoms with E-state index in [-0.39, 0.29) is 6.42 Å². The number of carbonyl (C=O) groups is 1. The molecular formula is C8H13BrF3NO. The van der Waals surface area contributed by atoms with Gasteiger partial charge in [-0.05, 0) is 13.8 Å². The van der Waals surface area contributed by atoms with Crippen molar-refractivity contribution in [3.8, 4) is 0 Å². The maximum Gasteiger partial charge on any atom is 0.406 e. The zero-order valence-electron chi connectivity index (χ0n) is 8.07. The van der Waals surface area contributed by atoms with E-state index in [9.17, 15) is 18.0 Å². The van der Waals surface area contributed by atoms with E-state index in [4.69, 9.17) is 0 Å². The Morgan fingerprint density at radius 1 is 1.43 bits per heavy atom. The fourth-order valence-electron chi connectivity index (χ4n) is 0.976. The van der Waals surface area contributed by atoms with E-state index in [0.717, 1.165) is 4.90 Å². The molecule has 1 amide bonds. The van der Waals surface area contributed by atoms with Crippen molar-refractivity contribution in [2.45, 2.75) is 32.5 Å². The monoisotopic (exact) mass is 275 g/mol. The highest BCUT2D eigenvalue weighted by Gasteiger charge is 2.33. The Kier molecular flexibility index (Phi) is 5.48. The van der Waals surface area contributed by atoms with Crippen LogP contribution in [0.5, 0.6) is 0 Å². The Labute approximate surface area is 89.6 Å². The van der Waals surface area contributed by atoms with Crippen molar-refractivity contribution in [1.82, 2.24) is 4.90 Å². The lowest BCUT2D eigenvalue weighted by Gasteiger charge is -2.27. The summed E-state index contributed by atoms with van der Waals surface area (Å²) in [5.41, 5.74) is 0. The third-order valence-corrected chi connectivity index (χ3v) is 2.00. The maximum absolute atomic E-state index is 12.1. The van der Waals surface area contributed by atoms with Gasteiger partial charge >= 0.3 is 6.18 Å². The van der Waals surface area contributed by atoms with E-state index in [1.165, 1.54) is 0 Å².